The molecule has 0 aliphatic rings. The highest BCUT2D eigenvalue weighted by Crippen LogP contribution is 2.24. The van der Waals surface area contributed by atoms with E-state index in [4.69, 9.17) is 0 Å². The van der Waals surface area contributed by atoms with Crippen LogP contribution in [0.1, 0.15) is 53.5 Å². The maximum atomic E-state index is 11.8. The number of hydrogen-bond donors (Lipinski definition) is 1. The smallest absolute Gasteiger partial charge is 0.224 e. The van der Waals surface area contributed by atoms with Gasteiger partial charge in [-0.25, -0.2) is 0 Å². The molecule has 1 N–H and O–H groups in total. The van der Waals surface area contributed by atoms with Gasteiger partial charge in [-0.1, -0.05) is 53.7 Å². The topological polar surface area (TPSA) is 29.1 Å². The van der Waals surface area contributed by atoms with Crippen molar-refractivity contribution in [1.29, 1.82) is 0 Å². The number of rotatable bonds is 2. The number of nitrogens with one attached hydrogen (secondary N) is 1. The Hall–Kier alpha value is -1.31. The van der Waals surface area contributed by atoms with Crippen LogP contribution in [0.5, 0.6) is 0 Å². The normalized spacial score (nSPS) is 12.3. The summed E-state index contributed by atoms with van der Waals surface area (Å²) in [5.41, 5.74) is 2.32. The Kier molecular flexibility index (Phi) is 4.20. The summed E-state index contributed by atoms with van der Waals surface area (Å²) in [6.45, 7) is 12.7. The van der Waals surface area contributed by atoms with Crippen LogP contribution in [-0.2, 0) is 10.2 Å². The summed E-state index contributed by atoms with van der Waals surface area (Å²) in [6, 6.07) is 8.10. The zero-order valence-electron chi connectivity index (χ0n) is 12.4. The minimum absolute atomic E-state index is 0.0232. The molecule has 0 aromatic heterocycles. The van der Waals surface area contributed by atoms with E-state index in [1.54, 1.807) is 0 Å². The number of amides is 1. The lowest BCUT2D eigenvalue weighted by Gasteiger charge is -2.20. The van der Waals surface area contributed by atoms with Crippen molar-refractivity contribution in [2.75, 3.05) is 5.32 Å². The summed E-state index contributed by atoms with van der Waals surface area (Å²) < 4.78 is 0. The van der Waals surface area contributed by atoms with Crippen LogP contribution in [0.25, 0.3) is 0 Å². The lowest BCUT2D eigenvalue weighted by Crippen LogP contribution is -2.19. The molecule has 0 heterocycles. The number of hydrogen-bond acceptors (Lipinski definition) is 1. The third kappa shape index (κ3) is 4.91. The monoisotopic (exact) mass is 247 g/mol. The van der Waals surface area contributed by atoms with Gasteiger partial charge in [0.05, 0.1) is 0 Å². The molecular weight excluding hydrogens is 222 g/mol. The first-order chi connectivity index (χ1) is 8.08. The minimum Gasteiger partial charge on any atom is -0.326 e. The van der Waals surface area contributed by atoms with E-state index in [-0.39, 0.29) is 16.7 Å². The zero-order chi connectivity index (χ0) is 14.0. The molecule has 0 aliphatic heterocycles. The van der Waals surface area contributed by atoms with Gasteiger partial charge in [-0.15, -0.1) is 0 Å². The lowest BCUT2D eigenvalue weighted by molar-refractivity contribution is -0.117. The maximum absolute atomic E-state index is 11.8. The third-order valence-electron chi connectivity index (χ3n) is 2.73. The van der Waals surface area contributed by atoms with Crippen LogP contribution in [0.15, 0.2) is 24.3 Å². The molecule has 0 fully saturated rings. The first kappa shape index (κ1) is 14.7. The first-order valence-corrected chi connectivity index (χ1v) is 6.48. The Bertz CT molecular complexity index is 404. The van der Waals surface area contributed by atoms with Crippen molar-refractivity contribution in [3.05, 3.63) is 29.8 Å². The second kappa shape index (κ2) is 5.13. The summed E-state index contributed by atoms with van der Waals surface area (Å²) in [7, 11) is 0. The molecule has 18 heavy (non-hydrogen) atoms. The molecule has 0 bridgehead atoms. The van der Waals surface area contributed by atoms with Crippen molar-refractivity contribution in [3.63, 3.8) is 0 Å². The maximum Gasteiger partial charge on any atom is 0.224 e. The largest absolute Gasteiger partial charge is 0.326 e. The molecule has 0 saturated carbocycles. The van der Waals surface area contributed by atoms with Crippen molar-refractivity contribution < 1.29 is 4.79 Å². The van der Waals surface area contributed by atoms with E-state index in [9.17, 15) is 4.79 Å². The number of anilines is 1. The van der Waals surface area contributed by atoms with Crippen LogP contribution in [0.3, 0.4) is 0 Å². The van der Waals surface area contributed by atoms with Crippen LogP contribution in [0, 0.1) is 5.41 Å². The molecule has 100 valence electrons. The predicted molar refractivity (Wildman–Crippen MR) is 77.8 cm³/mol. The fourth-order valence-electron chi connectivity index (χ4n) is 1.74. The molecule has 1 amide bonds. The molecule has 0 unspecified atom stereocenters. The van der Waals surface area contributed by atoms with Crippen molar-refractivity contribution in [3.8, 4) is 0 Å². The second-order valence-corrected chi connectivity index (χ2v) is 7.11. The molecule has 0 saturated heterocycles. The van der Waals surface area contributed by atoms with Gasteiger partial charge >= 0.3 is 0 Å². The van der Waals surface area contributed by atoms with Gasteiger partial charge in [-0.05, 0) is 28.5 Å². The van der Waals surface area contributed by atoms with Crippen molar-refractivity contribution in [1.82, 2.24) is 0 Å². The Labute approximate surface area is 111 Å². The van der Waals surface area contributed by atoms with Crippen LogP contribution < -0.4 is 5.32 Å². The Morgan fingerprint density at radius 3 is 1.89 bits per heavy atom. The zero-order valence-corrected chi connectivity index (χ0v) is 12.4. The van der Waals surface area contributed by atoms with Gasteiger partial charge in [0.2, 0.25) is 5.91 Å². The van der Waals surface area contributed by atoms with E-state index in [0.29, 0.717) is 6.42 Å². The van der Waals surface area contributed by atoms with Gasteiger partial charge in [-0.2, -0.15) is 0 Å². The average molecular weight is 247 g/mol. The lowest BCUT2D eigenvalue weighted by atomic mass is 9.87. The quantitative estimate of drug-likeness (QED) is 0.826. The summed E-state index contributed by atoms with van der Waals surface area (Å²) in [4.78, 5) is 11.8. The summed E-state index contributed by atoms with van der Waals surface area (Å²) in [6.07, 6.45) is 0.536. The SMILES string of the molecule is CC(C)(C)CC(=O)Nc1ccc(C(C)(C)C)cc1. The van der Waals surface area contributed by atoms with Gasteiger partial charge in [0.1, 0.15) is 0 Å². The van der Waals surface area contributed by atoms with E-state index in [1.165, 1.54) is 5.56 Å². The molecule has 2 heteroatoms. The average Bonchev–Trinajstić information content (AvgIpc) is 2.13. The summed E-state index contributed by atoms with van der Waals surface area (Å²) in [5.74, 6) is 0.0750. The Balaban J connectivity index is 2.67. The molecule has 1 aromatic rings. The predicted octanol–water partition coefficient (Wildman–Crippen LogP) is 4.36. The molecule has 0 spiro atoms. The fraction of sp³-hybridized carbons (Fsp3) is 0.562. The first-order valence-electron chi connectivity index (χ1n) is 6.48. The number of benzene rings is 1. The second-order valence-electron chi connectivity index (χ2n) is 7.11. The number of carbonyl (C=O) groups excluding carboxylic acids is 1. The molecule has 2 nitrogen and oxygen atoms in total. The van der Waals surface area contributed by atoms with Gasteiger partial charge in [-0.3, -0.25) is 4.79 Å². The molecule has 0 radical (unpaired) electrons. The highest BCUT2D eigenvalue weighted by Gasteiger charge is 2.16. The minimum atomic E-state index is 0.0232. The van der Waals surface area contributed by atoms with E-state index >= 15 is 0 Å². The van der Waals surface area contributed by atoms with Crippen LogP contribution in [0.2, 0.25) is 0 Å². The summed E-state index contributed by atoms with van der Waals surface area (Å²) >= 11 is 0. The van der Waals surface area contributed by atoms with Crippen LogP contribution in [0.4, 0.5) is 5.69 Å². The van der Waals surface area contributed by atoms with Gasteiger partial charge in [0, 0.05) is 12.1 Å². The molecular formula is C16H25NO. The standard InChI is InChI=1S/C16H25NO/c1-15(2,3)11-14(18)17-13-9-7-12(8-10-13)16(4,5)6/h7-10H,11H2,1-6H3,(H,17,18). The van der Waals surface area contributed by atoms with Gasteiger partial charge in [0.25, 0.3) is 0 Å². The van der Waals surface area contributed by atoms with Gasteiger partial charge in [0.15, 0.2) is 0 Å². The van der Waals surface area contributed by atoms with E-state index in [2.05, 4.69) is 59.0 Å². The van der Waals surface area contributed by atoms with E-state index in [0.717, 1.165) is 5.69 Å². The van der Waals surface area contributed by atoms with Gasteiger partial charge < -0.3 is 5.32 Å². The van der Waals surface area contributed by atoms with Crippen molar-refractivity contribution in [2.45, 2.75) is 53.4 Å². The van der Waals surface area contributed by atoms with Crippen LogP contribution >= 0.6 is 0 Å². The van der Waals surface area contributed by atoms with Crippen molar-refractivity contribution >= 4 is 11.6 Å². The highest BCUT2D eigenvalue weighted by molar-refractivity contribution is 5.91. The van der Waals surface area contributed by atoms with E-state index in [1.807, 2.05) is 12.1 Å². The van der Waals surface area contributed by atoms with Crippen molar-refractivity contribution in [2.24, 2.45) is 5.41 Å². The molecule has 1 rings (SSSR count). The Morgan fingerprint density at radius 2 is 1.50 bits per heavy atom. The molecule has 1 aromatic carbocycles. The molecule has 0 aliphatic carbocycles. The highest BCUT2D eigenvalue weighted by atomic mass is 16.1. The van der Waals surface area contributed by atoms with E-state index < -0.39 is 0 Å². The number of carbonyl (C=O) groups is 1. The fourth-order valence-corrected chi connectivity index (χ4v) is 1.74. The third-order valence-corrected chi connectivity index (χ3v) is 2.73. The molecule has 0 atom stereocenters. The Morgan fingerprint density at radius 1 is 1.00 bits per heavy atom. The van der Waals surface area contributed by atoms with Crippen LogP contribution in [-0.4, -0.2) is 5.91 Å². The summed E-state index contributed by atoms with van der Waals surface area (Å²) in [5, 5.41) is 2.94.